The number of hydrogen-bond donors (Lipinski definition) is 0. The average molecular weight is 561 g/mol. The number of hydrogen-bond acceptors (Lipinski definition) is 5. The SMILES string of the molecule is CCCCOC(=O)CN(c1ccc2c(c1)c(C)cn2-c1cc(C)ccn1)S(=O)(=O)c1cc(Cl)cc(Cl)c1. The normalized spacial score (nSPS) is 11.6. The van der Waals surface area contributed by atoms with Gasteiger partial charge in [0.15, 0.2) is 0 Å². The van der Waals surface area contributed by atoms with Gasteiger partial charge < -0.3 is 9.30 Å². The van der Waals surface area contributed by atoms with Crippen molar-refractivity contribution in [2.24, 2.45) is 0 Å². The van der Waals surface area contributed by atoms with Gasteiger partial charge in [-0.3, -0.25) is 9.10 Å². The van der Waals surface area contributed by atoms with Gasteiger partial charge in [-0.25, -0.2) is 13.4 Å². The number of anilines is 1. The highest BCUT2D eigenvalue weighted by Crippen LogP contribution is 2.32. The summed E-state index contributed by atoms with van der Waals surface area (Å²) < 4.78 is 35.8. The Labute approximate surface area is 226 Å². The maximum absolute atomic E-state index is 13.8. The van der Waals surface area contributed by atoms with Crippen LogP contribution in [0.25, 0.3) is 16.7 Å². The molecule has 2 aromatic carbocycles. The molecule has 0 aliphatic rings. The number of halogens is 2. The zero-order valence-electron chi connectivity index (χ0n) is 20.7. The molecule has 2 heterocycles. The number of ether oxygens (including phenoxy) is 1. The minimum absolute atomic E-state index is 0.121. The summed E-state index contributed by atoms with van der Waals surface area (Å²) >= 11 is 12.2. The molecule has 0 spiro atoms. The third-order valence-electron chi connectivity index (χ3n) is 5.88. The number of aryl methyl sites for hydroxylation is 2. The van der Waals surface area contributed by atoms with Gasteiger partial charge >= 0.3 is 5.97 Å². The Kier molecular flexibility index (Phi) is 8.11. The number of rotatable bonds is 9. The van der Waals surface area contributed by atoms with E-state index in [0.717, 1.165) is 38.6 Å². The lowest BCUT2D eigenvalue weighted by molar-refractivity contribution is -0.141. The molecule has 0 N–H and O–H groups in total. The van der Waals surface area contributed by atoms with Gasteiger partial charge in [0.2, 0.25) is 0 Å². The molecule has 4 rings (SSSR count). The maximum atomic E-state index is 13.8. The van der Waals surface area contributed by atoms with E-state index in [2.05, 4.69) is 4.98 Å². The first-order valence-electron chi connectivity index (χ1n) is 11.8. The monoisotopic (exact) mass is 559 g/mol. The van der Waals surface area contributed by atoms with Gasteiger partial charge in [0.05, 0.1) is 22.7 Å². The molecule has 2 aromatic heterocycles. The molecule has 0 aliphatic carbocycles. The number of carbonyl (C=O) groups excluding carboxylic acids is 1. The van der Waals surface area contributed by atoms with E-state index in [1.807, 2.05) is 49.7 Å². The first-order chi connectivity index (χ1) is 17.6. The molecule has 0 bridgehead atoms. The number of pyridine rings is 1. The number of benzene rings is 2. The lowest BCUT2D eigenvalue weighted by Gasteiger charge is -2.24. The van der Waals surface area contributed by atoms with Crippen molar-refractivity contribution < 1.29 is 17.9 Å². The van der Waals surface area contributed by atoms with Crippen LogP contribution in [0.15, 0.2) is 65.8 Å². The highest BCUT2D eigenvalue weighted by atomic mass is 35.5. The summed E-state index contributed by atoms with van der Waals surface area (Å²) in [4.78, 5) is 17.0. The fraction of sp³-hybridized carbons (Fsp3) is 0.259. The van der Waals surface area contributed by atoms with E-state index in [1.54, 1.807) is 18.3 Å². The summed E-state index contributed by atoms with van der Waals surface area (Å²) in [6, 6.07) is 13.2. The molecule has 0 fully saturated rings. The van der Waals surface area contributed by atoms with Crippen LogP contribution in [-0.4, -0.2) is 37.1 Å². The minimum Gasteiger partial charge on any atom is -0.464 e. The predicted molar refractivity (Wildman–Crippen MR) is 147 cm³/mol. The topological polar surface area (TPSA) is 81.5 Å². The number of nitrogens with zero attached hydrogens (tertiary/aromatic N) is 3. The Hall–Kier alpha value is -3.07. The van der Waals surface area contributed by atoms with Crippen molar-refractivity contribution in [2.45, 2.75) is 38.5 Å². The Balaban J connectivity index is 1.81. The van der Waals surface area contributed by atoms with Crippen molar-refractivity contribution in [2.75, 3.05) is 17.5 Å². The van der Waals surface area contributed by atoms with E-state index in [9.17, 15) is 13.2 Å². The zero-order valence-corrected chi connectivity index (χ0v) is 23.1. The van der Waals surface area contributed by atoms with Crippen molar-refractivity contribution in [1.29, 1.82) is 0 Å². The summed E-state index contributed by atoms with van der Waals surface area (Å²) in [5, 5.41) is 1.17. The molecule has 37 heavy (non-hydrogen) atoms. The van der Waals surface area contributed by atoms with E-state index in [1.165, 1.54) is 18.2 Å². The highest BCUT2D eigenvalue weighted by molar-refractivity contribution is 7.92. The molecule has 4 aromatic rings. The summed E-state index contributed by atoms with van der Waals surface area (Å²) in [5.41, 5.74) is 3.16. The van der Waals surface area contributed by atoms with E-state index in [-0.39, 0.29) is 21.5 Å². The molecule has 194 valence electrons. The fourth-order valence-corrected chi connectivity index (χ4v) is 6.12. The van der Waals surface area contributed by atoms with E-state index in [0.29, 0.717) is 12.1 Å². The summed E-state index contributed by atoms with van der Waals surface area (Å²) in [6.07, 6.45) is 5.23. The number of esters is 1. The van der Waals surface area contributed by atoms with E-state index >= 15 is 0 Å². The van der Waals surface area contributed by atoms with Crippen molar-refractivity contribution in [3.8, 4) is 5.82 Å². The molecule has 10 heteroatoms. The fourth-order valence-electron chi connectivity index (χ4n) is 3.99. The van der Waals surface area contributed by atoms with Crippen LogP contribution in [0.4, 0.5) is 5.69 Å². The van der Waals surface area contributed by atoms with E-state index < -0.39 is 22.5 Å². The second-order valence-electron chi connectivity index (χ2n) is 8.77. The van der Waals surface area contributed by atoms with Crippen LogP contribution >= 0.6 is 23.2 Å². The molecular formula is C27H27Cl2N3O4S. The van der Waals surface area contributed by atoms with Gasteiger partial charge in [-0.2, -0.15) is 0 Å². The van der Waals surface area contributed by atoms with Crippen LogP contribution in [-0.2, 0) is 19.6 Å². The molecule has 0 unspecified atom stereocenters. The molecule has 0 amide bonds. The van der Waals surface area contributed by atoms with Gasteiger partial charge in [-0.1, -0.05) is 36.5 Å². The van der Waals surface area contributed by atoms with Crippen molar-refractivity contribution >= 4 is 55.8 Å². The predicted octanol–water partition coefficient (Wildman–Crippen LogP) is 6.49. The zero-order chi connectivity index (χ0) is 26.7. The van der Waals surface area contributed by atoms with Gasteiger partial charge in [-0.15, -0.1) is 0 Å². The quantitative estimate of drug-likeness (QED) is 0.173. The molecule has 0 radical (unpaired) electrons. The number of aromatic nitrogens is 2. The van der Waals surface area contributed by atoms with Crippen LogP contribution < -0.4 is 4.31 Å². The maximum Gasteiger partial charge on any atom is 0.326 e. The molecule has 7 nitrogen and oxygen atoms in total. The summed E-state index contributed by atoms with van der Waals surface area (Å²) in [5.74, 6) is 0.104. The number of sulfonamides is 1. The number of unbranched alkanes of at least 4 members (excludes halogenated alkanes) is 1. The van der Waals surface area contributed by atoms with Gasteiger partial charge in [0.25, 0.3) is 10.0 Å². The van der Waals surface area contributed by atoms with Crippen molar-refractivity contribution in [3.63, 3.8) is 0 Å². The molecule has 0 aliphatic heterocycles. The molecule has 0 saturated carbocycles. The first-order valence-corrected chi connectivity index (χ1v) is 14.0. The highest BCUT2D eigenvalue weighted by Gasteiger charge is 2.29. The minimum atomic E-state index is -4.21. The smallest absolute Gasteiger partial charge is 0.326 e. The van der Waals surface area contributed by atoms with Gasteiger partial charge in [0.1, 0.15) is 12.4 Å². The number of fused-ring (bicyclic) bond motifs is 1. The van der Waals surface area contributed by atoms with Crippen LogP contribution in [0.1, 0.15) is 30.9 Å². The Morgan fingerprint density at radius 2 is 1.78 bits per heavy atom. The van der Waals surface area contributed by atoms with E-state index in [4.69, 9.17) is 27.9 Å². The Morgan fingerprint density at radius 1 is 1.05 bits per heavy atom. The third-order valence-corrected chi connectivity index (χ3v) is 8.07. The van der Waals surface area contributed by atoms with Gasteiger partial charge in [-0.05, 0) is 79.9 Å². The Morgan fingerprint density at radius 3 is 2.46 bits per heavy atom. The van der Waals surface area contributed by atoms with Crippen molar-refractivity contribution in [1.82, 2.24) is 9.55 Å². The lowest BCUT2D eigenvalue weighted by atomic mass is 10.1. The molecule has 0 atom stereocenters. The summed E-state index contributed by atoms with van der Waals surface area (Å²) in [7, 11) is -4.21. The second kappa shape index (κ2) is 11.1. The van der Waals surface area contributed by atoms with Crippen molar-refractivity contribution in [3.05, 3.63) is 82.1 Å². The van der Waals surface area contributed by atoms with Crippen LogP contribution in [0, 0.1) is 13.8 Å². The standard InChI is InChI=1S/C27H27Cl2N3O4S/c1-4-5-10-36-27(33)17-32(37(34,35)23-13-20(28)12-21(29)14-23)22-6-7-25-24(15-22)19(3)16-31(25)26-11-18(2)8-9-30-26/h6-9,11-16H,4-5,10,17H2,1-3H3. The number of carbonyl (C=O) groups is 1. The third kappa shape index (κ3) is 5.92. The molecular weight excluding hydrogens is 533 g/mol. The van der Waals surface area contributed by atoms with Crippen LogP contribution in [0.5, 0.6) is 0 Å². The van der Waals surface area contributed by atoms with Gasteiger partial charge in [0, 0.05) is 27.8 Å². The Bertz CT molecular complexity index is 1550. The average Bonchev–Trinajstić information content (AvgIpc) is 3.18. The molecule has 0 saturated heterocycles. The van der Waals surface area contributed by atoms with Crippen LogP contribution in [0.3, 0.4) is 0 Å². The second-order valence-corrected chi connectivity index (χ2v) is 11.5. The summed E-state index contributed by atoms with van der Waals surface area (Å²) in [6.45, 7) is 5.63. The first kappa shape index (κ1) is 27.0. The largest absolute Gasteiger partial charge is 0.464 e. The van der Waals surface area contributed by atoms with Crippen LogP contribution in [0.2, 0.25) is 10.0 Å². The lowest BCUT2D eigenvalue weighted by Crippen LogP contribution is -2.36.